The van der Waals surface area contributed by atoms with Gasteiger partial charge in [0, 0.05) is 17.1 Å². The predicted molar refractivity (Wildman–Crippen MR) is 135 cm³/mol. The van der Waals surface area contributed by atoms with Crippen LogP contribution < -0.4 is 10.1 Å². The van der Waals surface area contributed by atoms with Crippen LogP contribution >= 0.6 is 11.8 Å². The molecule has 0 atom stereocenters. The van der Waals surface area contributed by atoms with Crippen molar-refractivity contribution >= 4 is 40.6 Å². The van der Waals surface area contributed by atoms with Crippen LogP contribution in [0.15, 0.2) is 58.4 Å². The van der Waals surface area contributed by atoms with Gasteiger partial charge in [-0.3, -0.25) is 4.79 Å². The summed E-state index contributed by atoms with van der Waals surface area (Å²) in [5, 5.41) is 3.35. The molecule has 0 aliphatic carbocycles. The molecule has 0 bridgehead atoms. The maximum atomic E-state index is 12.6. The van der Waals surface area contributed by atoms with Gasteiger partial charge in [0.25, 0.3) is 5.91 Å². The smallest absolute Gasteiger partial charge is 0.337 e. The molecule has 1 N–H and O–H groups in total. The lowest BCUT2D eigenvalue weighted by Crippen LogP contribution is -2.19. The zero-order valence-electron chi connectivity index (χ0n) is 19.6. The van der Waals surface area contributed by atoms with Crippen LogP contribution in [0, 0.1) is 20.8 Å². The van der Waals surface area contributed by atoms with Gasteiger partial charge in [-0.2, -0.15) is 0 Å². The number of nitrogens with one attached hydrogen (secondary N) is 1. The number of nitrogens with zero attached hydrogens (tertiary/aromatic N) is 2. The number of hydrogen-bond donors (Lipinski definition) is 1. The molecule has 174 valence electrons. The Morgan fingerprint density at radius 2 is 1.79 bits per heavy atom. The first-order chi connectivity index (χ1) is 16.3. The monoisotopic (exact) mass is 475 g/mol. The summed E-state index contributed by atoms with van der Waals surface area (Å²) in [5.41, 5.74) is 6.01. The molecule has 0 unspecified atom stereocenters. The fourth-order valence-electron chi connectivity index (χ4n) is 3.80. The van der Waals surface area contributed by atoms with E-state index in [0.717, 1.165) is 39.6 Å². The average molecular weight is 476 g/mol. The fraction of sp³-hybridized carbons (Fsp3) is 0.192. The van der Waals surface area contributed by atoms with E-state index in [0.29, 0.717) is 15.6 Å². The van der Waals surface area contributed by atoms with Crippen molar-refractivity contribution in [1.82, 2.24) is 9.88 Å². The van der Waals surface area contributed by atoms with Crippen molar-refractivity contribution in [3.05, 3.63) is 81.5 Å². The van der Waals surface area contributed by atoms with Gasteiger partial charge in [0.15, 0.2) is 5.17 Å². The molecule has 1 saturated heterocycles. The lowest BCUT2D eigenvalue weighted by atomic mass is 10.1. The molecule has 1 fully saturated rings. The average Bonchev–Trinajstić information content (AvgIpc) is 3.31. The Morgan fingerprint density at radius 3 is 2.47 bits per heavy atom. The van der Waals surface area contributed by atoms with Crippen LogP contribution in [-0.4, -0.2) is 35.8 Å². The quantitative estimate of drug-likeness (QED) is 0.411. The summed E-state index contributed by atoms with van der Waals surface area (Å²) >= 11 is 1.30. The Hall–Kier alpha value is -3.78. The fourth-order valence-corrected chi connectivity index (χ4v) is 4.63. The Kier molecular flexibility index (Phi) is 6.61. The molecule has 1 amide bonds. The second-order valence-electron chi connectivity index (χ2n) is 7.83. The van der Waals surface area contributed by atoms with E-state index in [2.05, 4.69) is 14.9 Å². The van der Waals surface area contributed by atoms with Gasteiger partial charge in [0.05, 0.1) is 30.4 Å². The van der Waals surface area contributed by atoms with Gasteiger partial charge in [0.2, 0.25) is 0 Å². The maximum Gasteiger partial charge on any atom is 0.337 e. The minimum Gasteiger partial charge on any atom is -0.497 e. The Labute approximate surface area is 202 Å². The summed E-state index contributed by atoms with van der Waals surface area (Å²) < 4.78 is 12.1. The first-order valence-electron chi connectivity index (χ1n) is 10.6. The third-order valence-electron chi connectivity index (χ3n) is 5.58. The molecule has 1 aliphatic heterocycles. The first kappa shape index (κ1) is 23.4. The van der Waals surface area contributed by atoms with Crippen LogP contribution in [0.4, 0.5) is 5.69 Å². The van der Waals surface area contributed by atoms with Crippen molar-refractivity contribution in [1.29, 1.82) is 0 Å². The Morgan fingerprint density at radius 1 is 1.06 bits per heavy atom. The topological polar surface area (TPSA) is 81.9 Å². The minimum absolute atomic E-state index is 0.189. The molecule has 34 heavy (non-hydrogen) atoms. The summed E-state index contributed by atoms with van der Waals surface area (Å²) in [4.78, 5) is 29.7. The van der Waals surface area contributed by atoms with E-state index in [1.165, 1.54) is 18.9 Å². The van der Waals surface area contributed by atoms with Gasteiger partial charge in [-0.1, -0.05) is 6.07 Å². The SMILES string of the molecule is COC(=O)c1ccc(C)c(-n2c(C)cc(/C=C3/SC(=Nc4ccc(OC)cc4)NC3=O)c2C)c1. The number of benzene rings is 2. The molecule has 4 rings (SSSR count). The number of amides is 1. The van der Waals surface area contributed by atoms with Gasteiger partial charge in [-0.15, -0.1) is 0 Å². The highest BCUT2D eigenvalue weighted by atomic mass is 32.2. The first-order valence-corrected chi connectivity index (χ1v) is 11.4. The number of hydrogen-bond acceptors (Lipinski definition) is 6. The second kappa shape index (κ2) is 9.61. The van der Waals surface area contributed by atoms with E-state index in [1.54, 1.807) is 13.2 Å². The third-order valence-corrected chi connectivity index (χ3v) is 6.49. The van der Waals surface area contributed by atoms with E-state index in [9.17, 15) is 9.59 Å². The molecule has 0 spiro atoms. The van der Waals surface area contributed by atoms with Crippen molar-refractivity contribution in [3.8, 4) is 11.4 Å². The van der Waals surface area contributed by atoms with Crippen molar-refractivity contribution < 1.29 is 19.1 Å². The number of aryl methyl sites for hydroxylation is 2. The Bertz CT molecular complexity index is 1340. The number of esters is 1. The second-order valence-corrected chi connectivity index (χ2v) is 8.87. The highest BCUT2D eigenvalue weighted by Gasteiger charge is 2.25. The van der Waals surface area contributed by atoms with E-state index in [1.807, 2.05) is 69.3 Å². The zero-order chi connectivity index (χ0) is 24.4. The molecule has 1 aromatic heterocycles. The standard InChI is InChI=1S/C26H25N3O4S/c1-15-6-7-18(25(31)33-5)13-22(15)29-16(2)12-19(17(29)3)14-23-24(30)28-26(34-23)27-20-8-10-21(32-4)11-9-20/h6-14H,1-5H3,(H,27,28,30)/b23-14+. The molecule has 0 radical (unpaired) electrons. The molecule has 0 saturated carbocycles. The van der Waals surface area contributed by atoms with Gasteiger partial charge in [-0.25, -0.2) is 9.79 Å². The van der Waals surface area contributed by atoms with Crippen LogP contribution in [0.3, 0.4) is 0 Å². The van der Waals surface area contributed by atoms with Gasteiger partial charge in [-0.05, 0) is 92.2 Å². The lowest BCUT2D eigenvalue weighted by molar-refractivity contribution is -0.115. The van der Waals surface area contributed by atoms with Gasteiger partial charge in [0.1, 0.15) is 5.75 Å². The van der Waals surface area contributed by atoms with Crippen LogP contribution in [0.25, 0.3) is 11.8 Å². The number of methoxy groups -OCH3 is 2. The third kappa shape index (κ3) is 4.63. The number of carbonyl (C=O) groups is 2. The van der Waals surface area contributed by atoms with Crippen molar-refractivity contribution in [2.45, 2.75) is 20.8 Å². The molecule has 8 heteroatoms. The Balaban J connectivity index is 1.65. The molecule has 1 aliphatic rings. The van der Waals surface area contributed by atoms with E-state index in [4.69, 9.17) is 9.47 Å². The molecule has 7 nitrogen and oxygen atoms in total. The largest absolute Gasteiger partial charge is 0.497 e. The van der Waals surface area contributed by atoms with E-state index >= 15 is 0 Å². The highest BCUT2D eigenvalue weighted by molar-refractivity contribution is 8.18. The molecule has 3 aromatic rings. The lowest BCUT2D eigenvalue weighted by Gasteiger charge is -2.14. The summed E-state index contributed by atoms with van der Waals surface area (Å²) in [6.45, 7) is 5.99. The van der Waals surface area contributed by atoms with E-state index in [-0.39, 0.29) is 11.9 Å². The van der Waals surface area contributed by atoms with Crippen molar-refractivity contribution in [2.24, 2.45) is 4.99 Å². The van der Waals surface area contributed by atoms with Crippen molar-refractivity contribution in [2.75, 3.05) is 14.2 Å². The maximum absolute atomic E-state index is 12.6. The predicted octanol–water partition coefficient (Wildman–Crippen LogP) is 5.09. The summed E-state index contributed by atoms with van der Waals surface area (Å²) in [7, 11) is 2.98. The van der Waals surface area contributed by atoms with Crippen LogP contribution in [0.5, 0.6) is 5.75 Å². The summed E-state index contributed by atoms with van der Waals surface area (Å²) in [6.07, 6.45) is 1.87. The van der Waals surface area contributed by atoms with Crippen LogP contribution in [-0.2, 0) is 9.53 Å². The van der Waals surface area contributed by atoms with Crippen LogP contribution in [0.1, 0.15) is 32.9 Å². The minimum atomic E-state index is -0.381. The number of aliphatic imine (C=N–C) groups is 1. The van der Waals surface area contributed by atoms with Gasteiger partial charge < -0.3 is 19.4 Å². The normalized spacial score (nSPS) is 15.6. The van der Waals surface area contributed by atoms with Crippen molar-refractivity contribution in [3.63, 3.8) is 0 Å². The zero-order valence-corrected chi connectivity index (χ0v) is 20.4. The van der Waals surface area contributed by atoms with E-state index < -0.39 is 0 Å². The molecule has 2 heterocycles. The number of rotatable bonds is 5. The number of ether oxygens (including phenoxy) is 2. The number of carbonyl (C=O) groups excluding carboxylic acids is 2. The van der Waals surface area contributed by atoms with Gasteiger partial charge >= 0.3 is 5.97 Å². The number of amidine groups is 1. The summed E-state index contributed by atoms with van der Waals surface area (Å²) in [5.74, 6) is 0.176. The summed E-state index contributed by atoms with van der Waals surface area (Å²) in [6, 6.07) is 14.8. The number of thioether (sulfide) groups is 1. The highest BCUT2D eigenvalue weighted by Crippen LogP contribution is 2.31. The molecular formula is C26H25N3O4S. The molecule has 2 aromatic carbocycles. The number of aromatic nitrogens is 1. The molecular weight excluding hydrogens is 450 g/mol. The van der Waals surface area contributed by atoms with Crippen LogP contribution in [0.2, 0.25) is 0 Å².